The molecule has 1 atom stereocenters. The minimum atomic E-state index is -0.817. The van der Waals surface area contributed by atoms with Gasteiger partial charge >= 0.3 is 17.9 Å². The Hall–Kier alpha value is -4.97. The molecule has 0 fully saturated rings. The molecule has 0 aliphatic rings. The van der Waals surface area contributed by atoms with Gasteiger partial charge in [-0.2, -0.15) is 0 Å². The molecule has 78 heavy (non-hydrogen) atoms. The van der Waals surface area contributed by atoms with Crippen molar-refractivity contribution >= 4 is 17.9 Å². The summed E-state index contributed by atoms with van der Waals surface area (Å²) in [6.45, 7) is 6.34. The molecule has 0 radical (unpaired) electrons. The van der Waals surface area contributed by atoms with Crippen molar-refractivity contribution in [2.75, 3.05) is 13.2 Å². The van der Waals surface area contributed by atoms with Gasteiger partial charge in [0.05, 0.1) is 0 Å². The Bertz CT molecular complexity index is 1760. The van der Waals surface area contributed by atoms with Crippen molar-refractivity contribution in [1.29, 1.82) is 0 Å². The summed E-state index contributed by atoms with van der Waals surface area (Å²) in [5.41, 5.74) is 0. The lowest BCUT2D eigenvalue weighted by molar-refractivity contribution is -0.167. The number of carbonyl (C=O) groups is 3. The van der Waals surface area contributed by atoms with E-state index in [4.69, 9.17) is 14.2 Å². The molecule has 0 rings (SSSR count). The predicted molar refractivity (Wildman–Crippen MR) is 338 cm³/mol. The van der Waals surface area contributed by atoms with Crippen LogP contribution in [0.15, 0.2) is 158 Å². The summed E-state index contributed by atoms with van der Waals surface area (Å²) in [7, 11) is 0. The van der Waals surface area contributed by atoms with E-state index in [0.717, 1.165) is 161 Å². The Kier molecular flexibility index (Phi) is 60.4. The minimum Gasteiger partial charge on any atom is -0.462 e. The maximum atomic E-state index is 12.9. The molecule has 6 heteroatoms. The topological polar surface area (TPSA) is 78.9 Å². The largest absolute Gasteiger partial charge is 0.462 e. The molecular formula is C72H114O6. The maximum Gasteiger partial charge on any atom is 0.306 e. The van der Waals surface area contributed by atoms with Crippen molar-refractivity contribution < 1.29 is 28.6 Å². The van der Waals surface area contributed by atoms with E-state index in [9.17, 15) is 14.4 Å². The van der Waals surface area contributed by atoms with E-state index in [-0.39, 0.29) is 31.1 Å². The lowest BCUT2D eigenvalue weighted by Gasteiger charge is -2.18. The fourth-order valence-corrected chi connectivity index (χ4v) is 8.09. The fourth-order valence-electron chi connectivity index (χ4n) is 8.09. The molecule has 0 amide bonds. The second kappa shape index (κ2) is 64.6. The number of ether oxygens (including phenoxy) is 3. The maximum absolute atomic E-state index is 12.9. The van der Waals surface area contributed by atoms with Gasteiger partial charge in [0.15, 0.2) is 6.10 Å². The summed E-state index contributed by atoms with van der Waals surface area (Å²) in [6.07, 6.45) is 93.8. The van der Waals surface area contributed by atoms with Crippen LogP contribution in [0.25, 0.3) is 0 Å². The Labute approximate surface area is 480 Å². The quantitative estimate of drug-likeness (QED) is 0.0261. The molecule has 0 N–H and O–H groups in total. The van der Waals surface area contributed by atoms with E-state index in [1.807, 2.05) is 0 Å². The molecule has 0 aromatic rings. The molecule has 0 bridgehead atoms. The van der Waals surface area contributed by atoms with Crippen LogP contribution >= 0.6 is 0 Å². The number of allylic oxidation sites excluding steroid dienone is 26. The molecule has 0 aliphatic carbocycles. The van der Waals surface area contributed by atoms with Crippen molar-refractivity contribution in [1.82, 2.24) is 0 Å². The van der Waals surface area contributed by atoms with Crippen molar-refractivity contribution in [3.8, 4) is 0 Å². The smallest absolute Gasteiger partial charge is 0.306 e. The third-order valence-corrected chi connectivity index (χ3v) is 12.7. The standard InChI is InChI=1S/C72H114O6/c1-4-7-10-13-16-19-22-25-28-31-32-33-34-35-36-37-38-39-40-42-44-47-50-53-56-59-62-65-71(74)77-68-69(67-76-70(73)64-61-58-55-52-49-46-43-30-27-24-21-18-15-12-9-6-3)78-72(75)66-63-60-57-54-51-48-45-41-29-26-23-20-17-14-11-8-5-2/h7-8,10-11,16-17,19-21,24-26,28-30,32-33,35-36,38-39,42-44,50,53,69H,4-6,9,12-15,18,22-23,27,31,34,37,40-41,45-49,51-52,54-68H2,1-3H3/b10-7-,11-8-,19-16-,20-17-,24-21-,28-25-,29-26-,33-32-,36-35-,39-38-,43-30-,44-42-,53-50-. The Balaban J connectivity index is 4.50. The lowest BCUT2D eigenvalue weighted by atomic mass is 10.1. The zero-order valence-corrected chi connectivity index (χ0v) is 50.1. The zero-order chi connectivity index (χ0) is 56.4. The Morgan fingerprint density at radius 1 is 0.269 bits per heavy atom. The summed E-state index contributed by atoms with van der Waals surface area (Å²) in [6, 6.07) is 0. The van der Waals surface area contributed by atoms with Crippen LogP contribution in [0.1, 0.15) is 258 Å². The predicted octanol–water partition coefficient (Wildman–Crippen LogP) is 21.7. The highest BCUT2D eigenvalue weighted by molar-refractivity contribution is 5.71. The highest BCUT2D eigenvalue weighted by Crippen LogP contribution is 2.14. The van der Waals surface area contributed by atoms with Crippen molar-refractivity contribution in [3.05, 3.63) is 158 Å². The van der Waals surface area contributed by atoms with E-state index < -0.39 is 6.10 Å². The van der Waals surface area contributed by atoms with E-state index in [1.54, 1.807) is 0 Å². The average molecular weight is 1080 g/mol. The molecule has 0 spiro atoms. The number of unbranched alkanes of at least 4 members (excludes halogenated alkanes) is 18. The Morgan fingerprint density at radius 2 is 0.500 bits per heavy atom. The summed E-state index contributed by atoms with van der Waals surface area (Å²) < 4.78 is 16.9. The number of hydrogen-bond donors (Lipinski definition) is 0. The molecule has 0 aromatic carbocycles. The number of hydrogen-bond acceptors (Lipinski definition) is 6. The minimum absolute atomic E-state index is 0.110. The van der Waals surface area contributed by atoms with Gasteiger partial charge in [0.2, 0.25) is 0 Å². The second-order valence-electron chi connectivity index (χ2n) is 20.2. The molecule has 0 aliphatic heterocycles. The number of rotatable bonds is 55. The van der Waals surface area contributed by atoms with E-state index in [0.29, 0.717) is 25.7 Å². The lowest BCUT2D eigenvalue weighted by Crippen LogP contribution is -2.30. The molecule has 1 unspecified atom stereocenters. The normalized spacial score (nSPS) is 13.2. The van der Waals surface area contributed by atoms with Gasteiger partial charge in [0.25, 0.3) is 0 Å². The van der Waals surface area contributed by atoms with Crippen LogP contribution in [0, 0.1) is 0 Å². The SMILES string of the molecule is CC/C=C\C/C=C\C/C=C\C/C=C\C/C=C\C/C=C\C/C=C\C/C=C\CCCCC(=O)OCC(COC(=O)CCCCCCC/C=C\C/C=C\CCCCCC)OC(=O)CCCCCCCCC/C=C\C/C=C\C/C=C\CC. The van der Waals surface area contributed by atoms with Crippen molar-refractivity contribution in [3.63, 3.8) is 0 Å². The van der Waals surface area contributed by atoms with Gasteiger partial charge in [-0.3, -0.25) is 14.4 Å². The third kappa shape index (κ3) is 61.9. The zero-order valence-electron chi connectivity index (χ0n) is 50.1. The Morgan fingerprint density at radius 3 is 0.808 bits per heavy atom. The summed E-state index contributed by atoms with van der Waals surface area (Å²) >= 11 is 0. The molecule has 6 nitrogen and oxygen atoms in total. The highest BCUT2D eigenvalue weighted by atomic mass is 16.6. The first-order valence-electron chi connectivity index (χ1n) is 31.5. The van der Waals surface area contributed by atoms with E-state index in [1.165, 1.54) is 51.4 Å². The molecule has 0 saturated carbocycles. The first kappa shape index (κ1) is 73.0. The third-order valence-electron chi connectivity index (χ3n) is 12.7. The average Bonchev–Trinajstić information content (AvgIpc) is 3.44. The van der Waals surface area contributed by atoms with E-state index >= 15 is 0 Å². The van der Waals surface area contributed by atoms with Crippen LogP contribution in [-0.2, 0) is 28.6 Å². The van der Waals surface area contributed by atoms with Gasteiger partial charge in [-0.25, -0.2) is 0 Å². The summed E-state index contributed by atoms with van der Waals surface area (Å²) in [5, 5.41) is 0. The van der Waals surface area contributed by atoms with Gasteiger partial charge in [0.1, 0.15) is 13.2 Å². The monoisotopic (exact) mass is 1070 g/mol. The van der Waals surface area contributed by atoms with Gasteiger partial charge in [0, 0.05) is 19.3 Å². The van der Waals surface area contributed by atoms with Gasteiger partial charge < -0.3 is 14.2 Å². The van der Waals surface area contributed by atoms with Crippen LogP contribution in [0.4, 0.5) is 0 Å². The van der Waals surface area contributed by atoms with Crippen LogP contribution in [0.5, 0.6) is 0 Å². The number of carbonyl (C=O) groups excluding carboxylic acids is 3. The first-order chi connectivity index (χ1) is 38.5. The summed E-state index contributed by atoms with van der Waals surface area (Å²) in [5.74, 6) is -0.981. The second-order valence-corrected chi connectivity index (χ2v) is 20.2. The molecule has 0 saturated heterocycles. The van der Waals surface area contributed by atoms with E-state index in [2.05, 4.69) is 179 Å². The first-order valence-corrected chi connectivity index (χ1v) is 31.5. The van der Waals surface area contributed by atoms with Crippen LogP contribution in [0.3, 0.4) is 0 Å². The molecule has 0 aromatic heterocycles. The van der Waals surface area contributed by atoms with Gasteiger partial charge in [-0.15, -0.1) is 0 Å². The molecular weight excluding hydrogens is 961 g/mol. The van der Waals surface area contributed by atoms with Crippen LogP contribution < -0.4 is 0 Å². The fraction of sp³-hybridized carbons (Fsp3) is 0.597. The molecule has 0 heterocycles. The van der Waals surface area contributed by atoms with Gasteiger partial charge in [-0.05, 0) is 148 Å². The highest BCUT2D eigenvalue weighted by Gasteiger charge is 2.19. The van der Waals surface area contributed by atoms with Crippen LogP contribution in [-0.4, -0.2) is 37.2 Å². The summed E-state index contributed by atoms with van der Waals surface area (Å²) in [4.78, 5) is 38.3. The van der Waals surface area contributed by atoms with Crippen molar-refractivity contribution in [2.45, 2.75) is 264 Å². The van der Waals surface area contributed by atoms with Crippen LogP contribution in [0.2, 0.25) is 0 Å². The molecule has 438 valence electrons. The van der Waals surface area contributed by atoms with Crippen molar-refractivity contribution in [2.24, 2.45) is 0 Å². The van der Waals surface area contributed by atoms with Gasteiger partial charge in [-0.1, -0.05) is 249 Å². The number of esters is 3.